The smallest absolute Gasteiger partial charge is 0.159 e. The highest BCUT2D eigenvalue weighted by Gasteiger charge is 2.10. The lowest BCUT2D eigenvalue weighted by molar-refractivity contribution is 0.507. The average Bonchev–Trinajstić information content (AvgIpc) is 2.90. The Kier molecular flexibility index (Phi) is 3.50. The Morgan fingerprint density at radius 1 is 1.10 bits per heavy atom. The third-order valence-electron chi connectivity index (χ3n) is 2.83. The second-order valence-electron chi connectivity index (χ2n) is 4.16. The number of anilines is 1. The van der Waals surface area contributed by atoms with E-state index in [1.165, 1.54) is 6.07 Å². The molecule has 2 aromatic carbocycles. The lowest BCUT2D eigenvalue weighted by Crippen LogP contribution is -2.01. The molecule has 0 bridgehead atoms. The van der Waals surface area contributed by atoms with Gasteiger partial charge in [-0.05, 0) is 29.8 Å². The first-order valence-corrected chi connectivity index (χ1v) is 6.84. The average molecular weight is 312 g/mol. The van der Waals surface area contributed by atoms with Gasteiger partial charge in [-0.25, -0.2) is 8.78 Å². The summed E-state index contributed by atoms with van der Waals surface area (Å²) in [6.45, 7) is 0.313. The molecule has 3 rings (SSSR count). The monoisotopic (exact) mass is 311 g/mol. The second kappa shape index (κ2) is 5.30. The molecule has 1 aromatic heterocycles. The Morgan fingerprint density at radius 2 is 1.95 bits per heavy atom. The van der Waals surface area contributed by atoms with Crippen LogP contribution in [0.5, 0.6) is 0 Å². The van der Waals surface area contributed by atoms with Gasteiger partial charge in [0.2, 0.25) is 0 Å². The van der Waals surface area contributed by atoms with E-state index in [0.717, 1.165) is 29.4 Å². The molecule has 0 saturated carbocycles. The quantitative estimate of drug-likeness (QED) is 0.786. The van der Waals surface area contributed by atoms with Gasteiger partial charge in [0.15, 0.2) is 11.6 Å². The molecular weight excluding hydrogens is 304 g/mol. The number of halogens is 3. The highest BCUT2D eigenvalue weighted by Crippen LogP contribution is 2.30. The van der Waals surface area contributed by atoms with Gasteiger partial charge in [0.25, 0.3) is 0 Å². The molecule has 0 radical (unpaired) electrons. The van der Waals surface area contributed by atoms with E-state index in [9.17, 15) is 8.78 Å². The summed E-state index contributed by atoms with van der Waals surface area (Å²) in [5.74, 6) is -1.73. The minimum Gasteiger partial charge on any atom is -0.378 e. The highest BCUT2D eigenvalue weighted by atomic mass is 35.5. The minimum atomic E-state index is -0.871. The van der Waals surface area contributed by atoms with Crippen LogP contribution in [-0.4, -0.2) is 8.75 Å². The third-order valence-corrected chi connectivity index (χ3v) is 3.69. The molecule has 0 saturated heterocycles. The molecule has 0 fully saturated rings. The predicted octanol–water partition coefficient (Wildman–Crippen LogP) is 4.24. The molecule has 0 atom stereocenters. The summed E-state index contributed by atoms with van der Waals surface area (Å²) in [6.07, 6.45) is 0. The van der Waals surface area contributed by atoms with Crippen LogP contribution in [0.2, 0.25) is 5.02 Å². The summed E-state index contributed by atoms with van der Waals surface area (Å²) in [5.41, 5.74) is 2.67. The van der Waals surface area contributed by atoms with E-state index in [0.29, 0.717) is 28.3 Å². The van der Waals surface area contributed by atoms with Crippen LogP contribution in [0.1, 0.15) is 5.56 Å². The third kappa shape index (κ3) is 2.44. The van der Waals surface area contributed by atoms with Crippen molar-refractivity contribution in [2.45, 2.75) is 6.54 Å². The molecule has 0 unspecified atom stereocenters. The van der Waals surface area contributed by atoms with Crippen molar-refractivity contribution in [2.24, 2.45) is 0 Å². The van der Waals surface area contributed by atoms with E-state index in [2.05, 4.69) is 14.1 Å². The molecule has 0 amide bonds. The van der Waals surface area contributed by atoms with Gasteiger partial charge >= 0.3 is 0 Å². The number of nitrogens with zero attached hydrogens (tertiary/aromatic N) is 2. The summed E-state index contributed by atoms with van der Waals surface area (Å²) in [6, 6.07) is 7.26. The van der Waals surface area contributed by atoms with Crippen LogP contribution in [0, 0.1) is 11.6 Å². The molecule has 0 aliphatic rings. The molecule has 1 heterocycles. The first kappa shape index (κ1) is 13.2. The summed E-state index contributed by atoms with van der Waals surface area (Å²) in [4.78, 5) is 0. The van der Waals surface area contributed by atoms with Crippen LogP contribution >= 0.6 is 23.3 Å². The van der Waals surface area contributed by atoms with E-state index < -0.39 is 11.6 Å². The van der Waals surface area contributed by atoms with Crippen LogP contribution in [0.25, 0.3) is 11.0 Å². The van der Waals surface area contributed by atoms with Gasteiger partial charge in [-0.3, -0.25) is 0 Å². The van der Waals surface area contributed by atoms with Crippen molar-refractivity contribution < 1.29 is 8.78 Å². The van der Waals surface area contributed by atoms with Crippen molar-refractivity contribution in [3.8, 4) is 0 Å². The van der Waals surface area contributed by atoms with Crippen molar-refractivity contribution in [1.82, 2.24) is 8.75 Å². The zero-order chi connectivity index (χ0) is 14.1. The van der Waals surface area contributed by atoms with Crippen LogP contribution in [0.15, 0.2) is 30.3 Å². The Bertz CT molecular complexity index is 775. The van der Waals surface area contributed by atoms with Crippen molar-refractivity contribution in [2.75, 3.05) is 5.32 Å². The molecule has 3 nitrogen and oxygen atoms in total. The summed E-state index contributed by atoms with van der Waals surface area (Å²) >= 11 is 7.22. The molecule has 102 valence electrons. The molecular formula is C13H8ClF2N3S. The SMILES string of the molecule is Fc1ccc(CNc2c(Cl)ccc3nsnc23)cc1F. The lowest BCUT2D eigenvalue weighted by atomic mass is 10.2. The van der Waals surface area contributed by atoms with Gasteiger partial charge in [0.1, 0.15) is 11.0 Å². The maximum Gasteiger partial charge on any atom is 0.159 e. The molecule has 1 N–H and O–H groups in total. The number of nitrogens with one attached hydrogen (secondary N) is 1. The second-order valence-corrected chi connectivity index (χ2v) is 5.09. The zero-order valence-corrected chi connectivity index (χ0v) is 11.6. The zero-order valence-electron chi connectivity index (χ0n) is 10.0. The number of benzene rings is 2. The predicted molar refractivity (Wildman–Crippen MR) is 76.1 cm³/mol. The number of hydrogen-bond acceptors (Lipinski definition) is 4. The maximum absolute atomic E-state index is 13.1. The molecule has 20 heavy (non-hydrogen) atoms. The normalized spacial score (nSPS) is 10.9. The van der Waals surface area contributed by atoms with Crippen LogP contribution in [0.3, 0.4) is 0 Å². The molecule has 7 heteroatoms. The van der Waals surface area contributed by atoms with E-state index >= 15 is 0 Å². The highest BCUT2D eigenvalue weighted by molar-refractivity contribution is 7.00. The largest absolute Gasteiger partial charge is 0.378 e. The molecule has 0 aliphatic carbocycles. The van der Waals surface area contributed by atoms with E-state index in [4.69, 9.17) is 11.6 Å². The number of rotatable bonds is 3. The fourth-order valence-electron chi connectivity index (χ4n) is 1.84. The van der Waals surface area contributed by atoms with Gasteiger partial charge in [-0.15, -0.1) is 0 Å². The number of aromatic nitrogens is 2. The van der Waals surface area contributed by atoms with Crippen molar-refractivity contribution >= 4 is 40.0 Å². The first-order chi connectivity index (χ1) is 9.65. The summed E-state index contributed by atoms with van der Waals surface area (Å²) < 4.78 is 34.3. The Labute approximate surface area is 122 Å². The van der Waals surface area contributed by atoms with Gasteiger partial charge in [0.05, 0.1) is 22.4 Å². The van der Waals surface area contributed by atoms with Gasteiger partial charge in [-0.1, -0.05) is 17.7 Å². The van der Waals surface area contributed by atoms with Crippen molar-refractivity contribution in [3.05, 3.63) is 52.6 Å². The molecule has 0 aliphatic heterocycles. The Morgan fingerprint density at radius 3 is 2.75 bits per heavy atom. The van der Waals surface area contributed by atoms with Gasteiger partial charge < -0.3 is 5.32 Å². The number of hydrogen-bond donors (Lipinski definition) is 1. The molecule has 0 spiro atoms. The van der Waals surface area contributed by atoms with Crippen LogP contribution in [-0.2, 0) is 6.54 Å². The van der Waals surface area contributed by atoms with Crippen molar-refractivity contribution in [3.63, 3.8) is 0 Å². The Balaban J connectivity index is 1.88. The lowest BCUT2D eigenvalue weighted by Gasteiger charge is -2.09. The van der Waals surface area contributed by atoms with Gasteiger partial charge in [0, 0.05) is 6.54 Å². The van der Waals surface area contributed by atoms with Crippen LogP contribution in [0.4, 0.5) is 14.5 Å². The van der Waals surface area contributed by atoms with E-state index in [1.54, 1.807) is 12.1 Å². The van der Waals surface area contributed by atoms with Crippen molar-refractivity contribution in [1.29, 1.82) is 0 Å². The first-order valence-electron chi connectivity index (χ1n) is 5.74. The van der Waals surface area contributed by atoms with E-state index in [1.807, 2.05) is 0 Å². The summed E-state index contributed by atoms with van der Waals surface area (Å²) in [7, 11) is 0. The fourth-order valence-corrected chi connectivity index (χ4v) is 2.60. The number of fused-ring (bicyclic) bond motifs is 1. The van der Waals surface area contributed by atoms with E-state index in [-0.39, 0.29) is 0 Å². The molecule has 3 aromatic rings. The Hall–Kier alpha value is -1.79. The topological polar surface area (TPSA) is 37.8 Å². The minimum absolute atomic E-state index is 0.313. The van der Waals surface area contributed by atoms with Crippen LogP contribution < -0.4 is 5.32 Å². The maximum atomic E-state index is 13.1. The summed E-state index contributed by atoms with van der Waals surface area (Å²) in [5, 5.41) is 3.60. The fraction of sp³-hybridized carbons (Fsp3) is 0.0769. The standard InChI is InChI=1S/C13H8ClF2N3S/c14-8-2-4-11-13(19-20-18-11)12(8)17-6-7-1-3-9(15)10(16)5-7/h1-5,17H,6H2. The van der Waals surface area contributed by atoms with Gasteiger partial charge in [-0.2, -0.15) is 8.75 Å².